The second kappa shape index (κ2) is 3.25. The molecule has 78 valence electrons. The average Bonchev–Trinajstić information content (AvgIpc) is 2.30. The monoisotopic (exact) mass is 184 g/mol. The molecule has 0 heterocycles. The van der Waals surface area contributed by atoms with Crippen molar-refractivity contribution in [2.75, 3.05) is 6.54 Å². The molecule has 0 amide bonds. The zero-order valence-corrected chi connectivity index (χ0v) is 9.65. The average molecular weight is 184 g/mol. The second-order valence-electron chi connectivity index (χ2n) is 5.60. The van der Waals surface area contributed by atoms with E-state index in [-0.39, 0.29) is 0 Å². The Hall–Kier alpha value is -0.0800. The lowest BCUT2D eigenvalue weighted by Gasteiger charge is -2.08. The molecule has 0 radical (unpaired) electrons. The third-order valence-corrected chi connectivity index (χ3v) is 3.97. The SMILES string of the molecule is CC(N)CCNC1C(C)(C)C1(C)C. The molecule has 1 atom stereocenters. The predicted molar refractivity (Wildman–Crippen MR) is 57.6 cm³/mol. The van der Waals surface area contributed by atoms with Crippen molar-refractivity contribution in [1.82, 2.24) is 5.32 Å². The van der Waals surface area contributed by atoms with Gasteiger partial charge in [-0.3, -0.25) is 0 Å². The van der Waals surface area contributed by atoms with E-state index in [0.29, 0.717) is 22.9 Å². The zero-order valence-electron chi connectivity index (χ0n) is 9.65. The molecule has 1 aliphatic carbocycles. The molecule has 1 rings (SSSR count). The Kier molecular flexibility index (Phi) is 2.75. The van der Waals surface area contributed by atoms with Gasteiger partial charge in [-0.15, -0.1) is 0 Å². The summed E-state index contributed by atoms with van der Waals surface area (Å²) in [4.78, 5) is 0. The minimum Gasteiger partial charge on any atom is -0.328 e. The fourth-order valence-electron chi connectivity index (χ4n) is 2.16. The standard InChI is InChI=1S/C11H24N2/c1-8(12)6-7-13-9-10(2,3)11(9,4)5/h8-9,13H,6-7,12H2,1-5H3. The van der Waals surface area contributed by atoms with Gasteiger partial charge in [0.2, 0.25) is 0 Å². The van der Waals surface area contributed by atoms with Crippen molar-refractivity contribution in [2.24, 2.45) is 16.6 Å². The molecule has 0 aromatic rings. The molecule has 2 nitrogen and oxygen atoms in total. The summed E-state index contributed by atoms with van der Waals surface area (Å²) in [6.07, 6.45) is 1.07. The Balaban J connectivity index is 2.26. The van der Waals surface area contributed by atoms with Gasteiger partial charge in [0.15, 0.2) is 0 Å². The lowest BCUT2D eigenvalue weighted by molar-refractivity contribution is 0.457. The van der Waals surface area contributed by atoms with Gasteiger partial charge in [-0.25, -0.2) is 0 Å². The maximum atomic E-state index is 5.69. The summed E-state index contributed by atoms with van der Waals surface area (Å²) in [5, 5.41) is 3.59. The summed E-state index contributed by atoms with van der Waals surface area (Å²) in [6, 6.07) is 0.983. The second-order valence-corrected chi connectivity index (χ2v) is 5.60. The smallest absolute Gasteiger partial charge is 0.0181 e. The van der Waals surface area contributed by atoms with E-state index in [1.54, 1.807) is 0 Å². The maximum absolute atomic E-state index is 5.69. The molecule has 1 fully saturated rings. The van der Waals surface area contributed by atoms with Crippen LogP contribution in [0, 0.1) is 10.8 Å². The summed E-state index contributed by atoms with van der Waals surface area (Å²) in [6.45, 7) is 12.4. The summed E-state index contributed by atoms with van der Waals surface area (Å²) in [7, 11) is 0. The molecule has 0 aliphatic heterocycles. The molecule has 2 heteroatoms. The summed E-state index contributed by atoms with van der Waals surface area (Å²) in [5.74, 6) is 0. The van der Waals surface area contributed by atoms with Crippen LogP contribution in [0.4, 0.5) is 0 Å². The first-order chi connectivity index (χ1) is 5.80. The van der Waals surface area contributed by atoms with Crippen molar-refractivity contribution in [3.05, 3.63) is 0 Å². The highest BCUT2D eigenvalue weighted by Gasteiger charge is 2.64. The maximum Gasteiger partial charge on any atom is 0.0181 e. The van der Waals surface area contributed by atoms with Gasteiger partial charge in [0, 0.05) is 12.1 Å². The van der Waals surface area contributed by atoms with Gasteiger partial charge in [0.25, 0.3) is 0 Å². The molecular formula is C11H24N2. The van der Waals surface area contributed by atoms with Gasteiger partial charge in [0.05, 0.1) is 0 Å². The molecule has 3 N–H and O–H groups in total. The summed E-state index contributed by atoms with van der Waals surface area (Å²) >= 11 is 0. The number of rotatable bonds is 4. The first-order valence-electron chi connectivity index (χ1n) is 5.29. The summed E-state index contributed by atoms with van der Waals surface area (Å²) < 4.78 is 0. The number of nitrogens with two attached hydrogens (primary N) is 1. The van der Waals surface area contributed by atoms with E-state index in [1.807, 2.05) is 0 Å². The van der Waals surface area contributed by atoms with Crippen LogP contribution in [0.15, 0.2) is 0 Å². The Labute approximate surface area is 82.3 Å². The van der Waals surface area contributed by atoms with E-state index >= 15 is 0 Å². The van der Waals surface area contributed by atoms with Crippen molar-refractivity contribution in [2.45, 2.75) is 53.1 Å². The summed E-state index contributed by atoms with van der Waals surface area (Å²) in [5.41, 5.74) is 6.59. The Bertz CT molecular complexity index is 169. The number of hydrogen-bond donors (Lipinski definition) is 2. The fraction of sp³-hybridized carbons (Fsp3) is 1.00. The van der Waals surface area contributed by atoms with E-state index in [0.717, 1.165) is 13.0 Å². The van der Waals surface area contributed by atoms with E-state index in [9.17, 15) is 0 Å². The van der Waals surface area contributed by atoms with Crippen LogP contribution in [0.1, 0.15) is 41.0 Å². The Morgan fingerprint density at radius 2 is 1.69 bits per heavy atom. The van der Waals surface area contributed by atoms with Crippen LogP contribution in [0.25, 0.3) is 0 Å². The first kappa shape index (κ1) is 11.0. The van der Waals surface area contributed by atoms with Gasteiger partial charge in [-0.2, -0.15) is 0 Å². The molecule has 0 bridgehead atoms. The Morgan fingerprint density at radius 3 is 2.00 bits per heavy atom. The fourth-order valence-corrected chi connectivity index (χ4v) is 2.16. The normalized spacial score (nSPS) is 27.2. The highest BCUT2D eigenvalue weighted by Crippen LogP contribution is 2.62. The minimum atomic E-state index is 0.317. The third-order valence-electron chi connectivity index (χ3n) is 3.97. The number of nitrogens with one attached hydrogen (secondary N) is 1. The molecule has 13 heavy (non-hydrogen) atoms. The topological polar surface area (TPSA) is 38.0 Å². The molecule has 1 saturated carbocycles. The van der Waals surface area contributed by atoms with E-state index < -0.39 is 0 Å². The highest BCUT2D eigenvalue weighted by molar-refractivity contribution is 5.17. The zero-order chi connectivity index (χ0) is 10.3. The van der Waals surface area contributed by atoms with Crippen molar-refractivity contribution in [1.29, 1.82) is 0 Å². The van der Waals surface area contributed by atoms with Gasteiger partial charge in [-0.1, -0.05) is 27.7 Å². The van der Waals surface area contributed by atoms with Crippen molar-refractivity contribution in [3.8, 4) is 0 Å². The van der Waals surface area contributed by atoms with Gasteiger partial charge in [0.1, 0.15) is 0 Å². The van der Waals surface area contributed by atoms with Crippen LogP contribution in [0.5, 0.6) is 0 Å². The van der Waals surface area contributed by atoms with E-state index in [2.05, 4.69) is 39.9 Å². The molecule has 0 aromatic carbocycles. The predicted octanol–water partition coefficient (Wildman–Crippen LogP) is 1.75. The molecule has 0 saturated heterocycles. The third kappa shape index (κ3) is 1.89. The van der Waals surface area contributed by atoms with Crippen molar-refractivity contribution >= 4 is 0 Å². The van der Waals surface area contributed by atoms with Crippen LogP contribution < -0.4 is 11.1 Å². The minimum absolute atomic E-state index is 0.317. The largest absolute Gasteiger partial charge is 0.328 e. The van der Waals surface area contributed by atoms with Crippen LogP contribution in [-0.4, -0.2) is 18.6 Å². The van der Waals surface area contributed by atoms with E-state index in [4.69, 9.17) is 5.73 Å². The molecule has 0 aromatic heterocycles. The molecule has 0 spiro atoms. The van der Waals surface area contributed by atoms with Crippen molar-refractivity contribution < 1.29 is 0 Å². The van der Waals surface area contributed by atoms with Gasteiger partial charge >= 0.3 is 0 Å². The van der Waals surface area contributed by atoms with Crippen LogP contribution >= 0.6 is 0 Å². The van der Waals surface area contributed by atoms with Gasteiger partial charge in [-0.05, 0) is 30.7 Å². The van der Waals surface area contributed by atoms with Gasteiger partial charge < -0.3 is 11.1 Å². The van der Waals surface area contributed by atoms with Crippen LogP contribution in [-0.2, 0) is 0 Å². The highest BCUT2D eigenvalue weighted by atomic mass is 15.0. The number of hydrogen-bond acceptors (Lipinski definition) is 2. The van der Waals surface area contributed by atoms with Crippen LogP contribution in [0.3, 0.4) is 0 Å². The quantitative estimate of drug-likeness (QED) is 0.698. The van der Waals surface area contributed by atoms with Crippen molar-refractivity contribution in [3.63, 3.8) is 0 Å². The molecular weight excluding hydrogens is 160 g/mol. The molecule has 1 unspecified atom stereocenters. The first-order valence-corrected chi connectivity index (χ1v) is 5.29. The lowest BCUT2D eigenvalue weighted by atomic mass is 10.0. The lowest BCUT2D eigenvalue weighted by Crippen LogP contribution is -2.28. The Morgan fingerprint density at radius 1 is 1.23 bits per heavy atom. The molecule has 1 aliphatic rings. The van der Waals surface area contributed by atoms with E-state index in [1.165, 1.54) is 0 Å². The van der Waals surface area contributed by atoms with Crippen LogP contribution in [0.2, 0.25) is 0 Å².